The van der Waals surface area contributed by atoms with Crippen LogP contribution in [0.3, 0.4) is 0 Å². The first-order valence-corrected chi connectivity index (χ1v) is 11.2. The van der Waals surface area contributed by atoms with Gasteiger partial charge in [0.25, 0.3) is 0 Å². The standard InChI is InChI=1S/C23H38N4O2/c1-19-17-21(9-13-27(19)18-20-7-4-3-5-8-20)26-23(24-2)25-12-6-14-29-22-10-15-28-16-11-22/h3-5,7-8,19,21-22H,6,9-18H2,1-2H3,(H2,24,25,26). The molecule has 2 fully saturated rings. The summed E-state index contributed by atoms with van der Waals surface area (Å²) in [5, 5.41) is 7.06. The van der Waals surface area contributed by atoms with E-state index in [0.717, 1.165) is 77.5 Å². The van der Waals surface area contributed by atoms with E-state index >= 15 is 0 Å². The van der Waals surface area contributed by atoms with Gasteiger partial charge >= 0.3 is 0 Å². The van der Waals surface area contributed by atoms with Gasteiger partial charge in [0.15, 0.2) is 5.96 Å². The van der Waals surface area contributed by atoms with Gasteiger partial charge in [-0.1, -0.05) is 30.3 Å². The lowest BCUT2D eigenvalue weighted by atomic mass is 9.97. The molecule has 2 aliphatic rings. The Morgan fingerprint density at radius 1 is 1.21 bits per heavy atom. The van der Waals surface area contributed by atoms with Gasteiger partial charge in [-0.25, -0.2) is 0 Å². The highest BCUT2D eigenvalue weighted by Crippen LogP contribution is 2.20. The van der Waals surface area contributed by atoms with Gasteiger partial charge in [-0.2, -0.15) is 0 Å². The first-order valence-electron chi connectivity index (χ1n) is 11.2. The zero-order valence-electron chi connectivity index (χ0n) is 18.1. The molecule has 1 aromatic rings. The Hall–Kier alpha value is -1.63. The number of likely N-dealkylation sites (tertiary alicyclic amines) is 1. The summed E-state index contributed by atoms with van der Waals surface area (Å²) >= 11 is 0. The van der Waals surface area contributed by atoms with E-state index in [1.807, 2.05) is 7.05 Å². The lowest BCUT2D eigenvalue weighted by Crippen LogP contribution is -2.51. The Bertz CT molecular complexity index is 604. The third kappa shape index (κ3) is 7.61. The summed E-state index contributed by atoms with van der Waals surface area (Å²) in [5.41, 5.74) is 1.39. The molecule has 1 aromatic carbocycles. The van der Waals surface area contributed by atoms with Crippen LogP contribution in [0.15, 0.2) is 35.3 Å². The topological polar surface area (TPSA) is 58.1 Å². The molecule has 0 aromatic heterocycles. The first-order chi connectivity index (χ1) is 14.2. The average Bonchev–Trinajstić information content (AvgIpc) is 2.76. The first kappa shape index (κ1) is 22.1. The van der Waals surface area contributed by atoms with Crippen molar-refractivity contribution in [3.05, 3.63) is 35.9 Å². The van der Waals surface area contributed by atoms with Gasteiger partial charge in [0, 0.05) is 58.6 Å². The van der Waals surface area contributed by atoms with Gasteiger partial charge in [0.1, 0.15) is 0 Å². The van der Waals surface area contributed by atoms with Crippen LogP contribution in [-0.2, 0) is 16.0 Å². The van der Waals surface area contributed by atoms with Crippen molar-refractivity contribution in [1.29, 1.82) is 0 Å². The van der Waals surface area contributed by atoms with E-state index in [9.17, 15) is 0 Å². The van der Waals surface area contributed by atoms with E-state index in [2.05, 4.69) is 57.8 Å². The SMILES string of the molecule is CN=C(NCCCOC1CCOCC1)NC1CCN(Cc2ccccc2)C(C)C1. The quantitative estimate of drug-likeness (QED) is 0.398. The largest absolute Gasteiger partial charge is 0.381 e. The molecule has 2 heterocycles. The van der Waals surface area contributed by atoms with Gasteiger partial charge in [-0.3, -0.25) is 9.89 Å². The predicted molar refractivity (Wildman–Crippen MR) is 118 cm³/mol. The van der Waals surface area contributed by atoms with Gasteiger partial charge < -0.3 is 20.1 Å². The van der Waals surface area contributed by atoms with E-state index < -0.39 is 0 Å². The molecule has 6 nitrogen and oxygen atoms in total. The third-order valence-corrected chi connectivity index (χ3v) is 5.94. The molecule has 2 saturated heterocycles. The van der Waals surface area contributed by atoms with Gasteiger partial charge in [0.2, 0.25) is 0 Å². The molecule has 2 unspecified atom stereocenters. The van der Waals surface area contributed by atoms with Crippen molar-refractivity contribution in [2.75, 3.05) is 40.0 Å². The van der Waals surface area contributed by atoms with Crippen molar-refractivity contribution in [3.63, 3.8) is 0 Å². The van der Waals surface area contributed by atoms with Crippen LogP contribution in [0.5, 0.6) is 0 Å². The number of rotatable bonds is 8. The summed E-state index contributed by atoms with van der Waals surface area (Å²) in [5.74, 6) is 0.907. The second-order valence-corrected chi connectivity index (χ2v) is 8.21. The van der Waals surface area contributed by atoms with Crippen LogP contribution in [0.4, 0.5) is 0 Å². The predicted octanol–water partition coefficient (Wildman–Crippen LogP) is 2.79. The fourth-order valence-corrected chi connectivity index (χ4v) is 4.16. The van der Waals surface area contributed by atoms with Crippen LogP contribution in [0.25, 0.3) is 0 Å². The lowest BCUT2D eigenvalue weighted by molar-refractivity contribution is -0.0320. The molecule has 0 aliphatic carbocycles. The number of nitrogens with zero attached hydrogens (tertiary/aromatic N) is 2. The minimum atomic E-state index is 0.378. The zero-order valence-corrected chi connectivity index (χ0v) is 18.1. The molecule has 0 spiro atoms. The molecular formula is C23H38N4O2. The second kappa shape index (κ2) is 12.2. The van der Waals surface area contributed by atoms with Crippen LogP contribution in [0, 0.1) is 0 Å². The van der Waals surface area contributed by atoms with E-state index in [0.29, 0.717) is 18.2 Å². The molecular weight excluding hydrogens is 364 g/mol. The van der Waals surface area contributed by atoms with E-state index in [1.54, 1.807) is 0 Å². The van der Waals surface area contributed by atoms with Crippen molar-refractivity contribution < 1.29 is 9.47 Å². The molecule has 2 atom stereocenters. The summed E-state index contributed by atoms with van der Waals surface area (Å²) < 4.78 is 11.3. The molecule has 6 heteroatoms. The van der Waals surface area contributed by atoms with Crippen LogP contribution < -0.4 is 10.6 Å². The maximum absolute atomic E-state index is 5.94. The third-order valence-electron chi connectivity index (χ3n) is 5.94. The number of hydrogen-bond acceptors (Lipinski definition) is 4. The van der Waals surface area contributed by atoms with Crippen molar-refractivity contribution in [1.82, 2.24) is 15.5 Å². The average molecular weight is 403 g/mol. The molecule has 29 heavy (non-hydrogen) atoms. The monoisotopic (exact) mass is 402 g/mol. The molecule has 162 valence electrons. The molecule has 3 rings (SSSR count). The number of piperidine rings is 1. The minimum Gasteiger partial charge on any atom is -0.381 e. The highest BCUT2D eigenvalue weighted by atomic mass is 16.5. The summed E-state index contributed by atoms with van der Waals surface area (Å²) in [7, 11) is 1.85. The van der Waals surface area contributed by atoms with Crippen molar-refractivity contribution in [3.8, 4) is 0 Å². The van der Waals surface area contributed by atoms with Gasteiger partial charge in [-0.05, 0) is 44.6 Å². The molecule has 0 radical (unpaired) electrons. The van der Waals surface area contributed by atoms with E-state index in [1.165, 1.54) is 5.56 Å². The molecule has 2 aliphatic heterocycles. The number of nitrogens with one attached hydrogen (secondary N) is 2. The lowest BCUT2D eigenvalue weighted by Gasteiger charge is -2.38. The van der Waals surface area contributed by atoms with Gasteiger partial charge in [0.05, 0.1) is 6.10 Å². The Kier molecular flexibility index (Phi) is 9.25. The minimum absolute atomic E-state index is 0.378. The molecule has 0 saturated carbocycles. The number of aliphatic imine (C=N–C) groups is 1. The smallest absolute Gasteiger partial charge is 0.191 e. The number of benzene rings is 1. The van der Waals surface area contributed by atoms with Crippen molar-refractivity contribution in [2.24, 2.45) is 4.99 Å². The van der Waals surface area contributed by atoms with Crippen LogP contribution in [0.2, 0.25) is 0 Å². The Morgan fingerprint density at radius 2 is 2.00 bits per heavy atom. The summed E-state index contributed by atoms with van der Waals surface area (Å²) in [6, 6.07) is 11.8. The summed E-state index contributed by atoms with van der Waals surface area (Å²) in [6.45, 7) is 7.83. The number of hydrogen-bond donors (Lipinski definition) is 2. The van der Waals surface area contributed by atoms with Crippen LogP contribution in [0.1, 0.15) is 44.6 Å². The van der Waals surface area contributed by atoms with Gasteiger partial charge in [-0.15, -0.1) is 0 Å². The Balaban J connectivity index is 1.31. The fraction of sp³-hybridized carbons (Fsp3) is 0.696. The van der Waals surface area contributed by atoms with E-state index in [-0.39, 0.29) is 0 Å². The Morgan fingerprint density at radius 3 is 2.72 bits per heavy atom. The zero-order chi connectivity index (χ0) is 20.3. The van der Waals surface area contributed by atoms with E-state index in [4.69, 9.17) is 9.47 Å². The van der Waals surface area contributed by atoms with Crippen LogP contribution >= 0.6 is 0 Å². The normalized spacial score (nSPS) is 24.4. The highest BCUT2D eigenvalue weighted by Gasteiger charge is 2.25. The molecule has 2 N–H and O–H groups in total. The van der Waals surface area contributed by atoms with Crippen molar-refractivity contribution >= 4 is 5.96 Å². The molecule has 0 bridgehead atoms. The fourth-order valence-electron chi connectivity index (χ4n) is 4.16. The maximum Gasteiger partial charge on any atom is 0.191 e. The van der Waals surface area contributed by atoms with Crippen LogP contribution in [-0.4, -0.2) is 69.0 Å². The number of guanidine groups is 1. The second-order valence-electron chi connectivity index (χ2n) is 8.21. The Labute approximate surface area is 176 Å². The maximum atomic E-state index is 5.94. The number of ether oxygens (including phenoxy) is 2. The summed E-state index contributed by atoms with van der Waals surface area (Å²) in [4.78, 5) is 6.99. The summed E-state index contributed by atoms with van der Waals surface area (Å²) in [6.07, 6.45) is 5.70. The highest BCUT2D eigenvalue weighted by molar-refractivity contribution is 5.79. The van der Waals surface area contributed by atoms with Crippen molar-refractivity contribution in [2.45, 2.75) is 63.8 Å². The molecule has 0 amide bonds.